The van der Waals surface area contributed by atoms with E-state index in [1.165, 1.54) is 11.3 Å². The van der Waals surface area contributed by atoms with Crippen molar-refractivity contribution in [3.63, 3.8) is 0 Å². The molecular weight excluding hydrogens is 346 g/mol. The first kappa shape index (κ1) is 16.4. The molecular formula is C17H14ClN3O2S. The Morgan fingerprint density at radius 3 is 2.54 bits per heavy atom. The van der Waals surface area contributed by atoms with Crippen LogP contribution in [0.4, 0.5) is 5.13 Å². The van der Waals surface area contributed by atoms with Gasteiger partial charge in [0.1, 0.15) is 10.8 Å². The summed E-state index contributed by atoms with van der Waals surface area (Å²) in [5, 5.41) is 12.6. The summed E-state index contributed by atoms with van der Waals surface area (Å²) >= 11 is 7.16. The number of para-hydroxylation sites is 1. The average Bonchev–Trinajstić information content (AvgIpc) is 3.05. The largest absolute Gasteiger partial charge is 0.481 e. The number of carbonyl (C=O) groups is 1. The maximum atomic E-state index is 12.2. The molecule has 1 atom stereocenters. The quantitative estimate of drug-likeness (QED) is 0.739. The number of nitrogens with zero attached hydrogens (tertiary/aromatic N) is 2. The van der Waals surface area contributed by atoms with Crippen LogP contribution < -0.4 is 10.1 Å². The van der Waals surface area contributed by atoms with E-state index in [2.05, 4.69) is 15.5 Å². The van der Waals surface area contributed by atoms with Gasteiger partial charge in [-0.15, -0.1) is 10.2 Å². The third-order valence-electron chi connectivity index (χ3n) is 3.17. The number of aromatic nitrogens is 2. The number of hydrogen-bond donors (Lipinski definition) is 1. The molecule has 0 fully saturated rings. The minimum absolute atomic E-state index is 0.280. The van der Waals surface area contributed by atoms with Crippen molar-refractivity contribution in [3.8, 4) is 16.3 Å². The summed E-state index contributed by atoms with van der Waals surface area (Å²) in [5.74, 6) is 0.358. The second-order valence-electron chi connectivity index (χ2n) is 4.98. The van der Waals surface area contributed by atoms with Crippen LogP contribution in [0.25, 0.3) is 10.6 Å². The van der Waals surface area contributed by atoms with Crippen LogP contribution in [-0.4, -0.2) is 22.2 Å². The van der Waals surface area contributed by atoms with E-state index in [0.29, 0.717) is 20.9 Å². The lowest BCUT2D eigenvalue weighted by Gasteiger charge is -2.13. The van der Waals surface area contributed by atoms with Crippen LogP contribution in [0.3, 0.4) is 0 Å². The van der Waals surface area contributed by atoms with Gasteiger partial charge < -0.3 is 4.74 Å². The fourth-order valence-electron chi connectivity index (χ4n) is 1.95. The van der Waals surface area contributed by atoms with E-state index >= 15 is 0 Å². The summed E-state index contributed by atoms with van der Waals surface area (Å²) < 4.78 is 5.58. The Morgan fingerprint density at radius 2 is 1.83 bits per heavy atom. The Labute approximate surface area is 148 Å². The van der Waals surface area contributed by atoms with Crippen molar-refractivity contribution in [1.82, 2.24) is 10.2 Å². The minimum atomic E-state index is -0.643. The van der Waals surface area contributed by atoms with E-state index < -0.39 is 6.10 Å². The molecule has 0 aliphatic rings. The predicted octanol–water partition coefficient (Wildman–Crippen LogP) is 4.26. The highest BCUT2D eigenvalue weighted by molar-refractivity contribution is 7.18. The van der Waals surface area contributed by atoms with Crippen molar-refractivity contribution in [3.05, 3.63) is 59.6 Å². The molecule has 122 valence electrons. The van der Waals surface area contributed by atoms with Gasteiger partial charge in [0.15, 0.2) is 6.10 Å². The normalized spacial score (nSPS) is 11.8. The van der Waals surface area contributed by atoms with Crippen LogP contribution in [0.15, 0.2) is 54.6 Å². The fourth-order valence-corrected chi connectivity index (χ4v) is 2.82. The topological polar surface area (TPSA) is 64.1 Å². The summed E-state index contributed by atoms with van der Waals surface area (Å²) in [5.41, 5.74) is 0.894. The van der Waals surface area contributed by atoms with Crippen molar-refractivity contribution in [1.29, 1.82) is 0 Å². The highest BCUT2D eigenvalue weighted by Gasteiger charge is 2.17. The lowest BCUT2D eigenvalue weighted by atomic mass is 10.2. The standard InChI is InChI=1S/C17H14ClN3O2S/c1-11(23-14-5-3-2-4-6-14)15(22)19-17-21-20-16(24-17)12-7-9-13(18)10-8-12/h2-11H,1H3,(H,19,21,22). The third kappa shape index (κ3) is 4.10. The summed E-state index contributed by atoms with van der Waals surface area (Å²) in [6.45, 7) is 1.68. The van der Waals surface area contributed by atoms with E-state index in [0.717, 1.165) is 5.56 Å². The van der Waals surface area contributed by atoms with Crippen LogP contribution in [0.2, 0.25) is 5.02 Å². The molecule has 1 unspecified atom stereocenters. The number of halogens is 1. The number of anilines is 1. The lowest BCUT2D eigenvalue weighted by molar-refractivity contribution is -0.122. The Balaban J connectivity index is 1.63. The van der Waals surface area contributed by atoms with Gasteiger partial charge in [-0.2, -0.15) is 0 Å². The number of ether oxygens (including phenoxy) is 1. The molecule has 3 rings (SSSR count). The van der Waals surface area contributed by atoms with Crippen molar-refractivity contribution in [2.75, 3.05) is 5.32 Å². The average molecular weight is 360 g/mol. The van der Waals surface area contributed by atoms with Gasteiger partial charge in [-0.3, -0.25) is 10.1 Å². The molecule has 1 aromatic heterocycles. The van der Waals surface area contributed by atoms with Crippen LogP contribution in [-0.2, 0) is 4.79 Å². The first-order chi connectivity index (χ1) is 11.6. The molecule has 0 saturated heterocycles. The van der Waals surface area contributed by atoms with E-state index in [1.54, 1.807) is 31.2 Å². The van der Waals surface area contributed by atoms with Crippen LogP contribution in [0.1, 0.15) is 6.92 Å². The van der Waals surface area contributed by atoms with Gasteiger partial charge in [-0.1, -0.05) is 53.3 Å². The number of amides is 1. The zero-order valence-corrected chi connectivity index (χ0v) is 14.3. The van der Waals surface area contributed by atoms with Crippen LogP contribution in [0.5, 0.6) is 5.75 Å². The number of nitrogens with one attached hydrogen (secondary N) is 1. The van der Waals surface area contributed by atoms with Gasteiger partial charge >= 0.3 is 0 Å². The second kappa shape index (κ2) is 7.42. The first-order valence-electron chi connectivity index (χ1n) is 7.24. The SMILES string of the molecule is CC(Oc1ccccc1)C(=O)Nc1nnc(-c2ccc(Cl)cc2)s1. The summed E-state index contributed by atoms with van der Waals surface area (Å²) in [4.78, 5) is 12.2. The molecule has 0 saturated carbocycles. The van der Waals surface area contributed by atoms with Crippen molar-refractivity contribution in [2.45, 2.75) is 13.0 Å². The lowest BCUT2D eigenvalue weighted by Crippen LogP contribution is -2.30. The molecule has 0 aliphatic heterocycles. The van der Waals surface area contributed by atoms with Gasteiger partial charge in [0.25, 0.3) is 5.91 Å². The molecule has 3 aromatic rings. The summed E-state index contributed by atoms with van der Waals surface area (Å²) in [7, 11) is 0. The molecule has 1 heterocycles. The molecule has 1 amide bonds. The smallest absolute Gasteiger partial charge is 0.266 e. The molecule has 7 heteroatoms. The van der Waals surface area contributed by atoms with Crippen molar-refractivity contribution in [2.24, 2.45) is 0 Å². The predicted molar refractivity (Wildman–Crippen MR) is 95.5 cm³/mol. The molecule has 24 heavy (non-hydrogen) atoms. The number of benzene rings is 2. The summed E-state index contributed by atoms with van der Waals surface area (Å²) in [6, 6.07) is 16.5. The highest BCUT2D eigenvalue weighted by atomic mass is 35.5. The molecule has 1 N–H and O–H groups in total. The maximum Gasteiger partial charge on any atom is 0.266 e. The molecule has 0 radical (unpaired) electrons. The molecule has 5 nitrogen and oxygen atoms in total. The van der Waals surface area contributed by atoms with E-state index in [4.69, 9.17) is 16.3 Å². The minimum Gasteiger partial charge on any atom is -0.481 e. The maximum absolute atomic E-state index is 12.2. The van der Waals surface area contributed by atoms with E-state index in [1.807, 2.05) is 30.3 Å². The zero-order valence-electron chi connectivity index (χ0n) is 12.8. The number of rotatable bonds is 5. The highest BCUT2D eigenvalue weighted by Crippen LogP contribution is 2.27. The Morgan fingerprint density at radius 1 is 1.12 bits per heavy atom. The molecule has 0 aliphatic carbocycles. The van der Waals surface area contributed by atoms with Gasteiger partial charge in [-0.05, 0) is 31.2 Å². The van der Waals surface area contributed by atoms with Gasteiger partial charge in [0, 0.05) is 10.6 Å². The van der Waals surface area contributed by atoms with Gasteiger partial charge in [-0.25, -0.2) is 0 Å². The zero-order chi connectivity index (χ0) is 16.9. The summed E-state index contributed by atoms with van der Waals surface area (Å²) in [6.07, 6.45) is -0.643. The third-order valence-corrected chi connectivity index (χ3v) is 4.31. The molecule has 2 aromatic carbocycles. The Bertz CT molecular complexity index is 821. The molecule has 0 bridgehead atoms. The number of carbonyl (C=O) groups excluding carboxylic acids is 1. The fraction of sp³-hybridized carbons (Fsp3) is 0.118. The first-order valence-corrected chi connectivity index (χ1v) is 8.43. The molecule has 0 spiro atoms. The van der Waals surface area contributed by atoms with Crippen LogP contribution >= 0.6 is 22.9 Å². The van der Waals surface area contributed by atoms with E-state index in [9.17, 15) is 4.79 Å². The van der Waals surface area contributed by atoms with Crippen molar-refractivity contribution < 1.29 is 9.53 Å². The Hall–Kier alpha value is -2.44. The monoisotopic (exact) mass is 359 g/mol. The van der Waals surface area contributed by atoms with Crippen molar-refractivity contribution >= 4 is 34.0 Å². The second-order valence-corrected chi connectivity index (χ2v) is 6.40. The number of hydrogen-bond acceptors (Lipinski definition) is 5. The van der Waals surface area contributed by atoms with Crippen LogP contribution in [0, 0.1) is 0 Å². The Kier molecular flexibility index (Phi) is 5.08. The van der Waals surface area contributed by atoms with Gasteiger partial charge in [0.05, 0.1) is 0 Å². The van der Waals surface area contributed by atoms with E-state index in [-0.39, 0.29) is 5.91 Å². The van der Waals surface area contributed by atoms with Gasteiger partial charge in [0.2, 0.25) is 5.13 Å².